The van der Waals surface area contributed by atoms with Crippen LogP contribution in [0.5, 0.6) is 0 Å². The topological polar surface area (TPSA) is 33.3 Å². The Hall–Kier alpha value is -1.29. The quantitative estimate of drug-likeness (QED) is 0.600. The van der Waals surface area contributed by atoms with Crippen molar-refractivity contribution in [2.45, 2.75) is 0 Å². The van der Waals surface area contributed by atoms with Crippen molar-refractivity contribution in [2.75, 3.05) is 0 Å². The van der Waals surface area contributed by atoms with E-state index >= 15 is 0 Å². The summed E-state index contributed by atoms with van der Waals surface area (Å²) in [6, 6.07) is 0. The predicted octanol–water partition coefficient (Wildman–Crippen LogP) is 1.57. The van der Waals surface area contributed by atoms with Gasteiger partial charge in [0.05, 0.1) is 5.70 Å². The van der Waals surface area contributed by atoms with Gasteiger partial charge in [-0.05, 0) is 35.6 Å². The van der Waals surface area contributed by atoms with Crippen LogP contribution in [0.25, 0.3) is 0 Å². The fraction of sp³-hybridized carbons (Fsp3) is 0. The van der Waals surface area contributed by atoms with Gasteiger partial charge in [-0.1, -0.05) is 0 Å². The number of nitrogens with one attached hydrogen (secondary N) is 2. The van der Waals surface area contributed by atoms with Crippen molar-refractivity contribution in [2.24, 2.45) is 0 Å². The Balaban J connectivity index is 2.17. The van der Waals surface area contributed by atoms with Gasteiger partial charge in [-0.2, -0.15) is 0 Å². The summed E-state index contributed by atoms with van der Waals surface area (Å²) in [7, 11) is 0. The summed E-state index contributed by atoms with van der Waals surface area (Å²) >= 11 is 1.54. The van der Waals surface area contributed by atoms with Crippen LogP contribution in [-0.2, 0) is 4.84 Å². The summed E-state index contributed by atoms with van der Waals surface area (Å²) in [6.07, 6.45) is 9.34. The van der Waals surface area contributed by atoms with E-state index in [0.717, 1.165) is 11.3 Å². The Kier molecular flexibility index (Phi) is 2.09. The molecule has 0 amide bonds. The molecule has 3 nitrogen and oxygen atoms in total. The first-order valence-electron chi connectivity index (χ1n) is 3.53. The van der Waals surface area contributed by atoms with Crippen LogP contribution in [0, 0.1) is 0 Å². The van der Waals surface area contributed by atoms with E-state index in [1.807, 2.05) is 29.8 Å². The first kappa shape index (κ1) is 7.36. The van der Waals surface area contributed by atoms with Crippen LogP contribution in [0.2, 0.25) is 0 Å². The summed E-state index contributed by atoms with van der Waals surface area (Å²) in [5.74, 6) is 0. The molecule has 0 saturated carbocycles. The second-order valence-corrected chi connectivity index (χ2v) is 3.01. The third-order valence-electron chi connectivity index (χ3n) is 1.49. The largest absolute Gasteiger partial charge is 0.390 e. The Morgan fingerprint density at radius 2 is 2.42 bits per heavy atom. The zero-order valence-electron chi connectivity index (χ0n) is 6.28. The van der Waals surface area contributed by atoms with E-state index in [4.69, 9.17) is 4.84 Å². The van der Waals surface area contributed by atoms with Gasteiger partial charge in [-0.25, -0.2) is 5.48 Å². The molecule has 0 bridgehead atoms. The van der Waals surface area contributed by atoms with Gasteiger partial charge in [0, 0.05) is 11.8 Å². The minimum Gasteiger partial charge on any atom is -0.390 e. The molecule has 4 heteroatoms. The van der Waals surface area contributed by atoms with Crippen molar-refractivity contribution in [1.82, 2.24) is 10.2 Å². The molecule has 0 radical (unpaired) electrons. The van der Waals surface area contributed by atoms with E-state index in [1.165, 1.54) is 0 Å². The Morgan fingerprint density at radius 3 is 3.08 bits per heavy atom. The molecule has 0 aromatic rings. The van der Waals surface area contributed by atoms with Gasteiger partial charge in [-0.15, -0.1) is 0 Å². The Bertz CT molecular complexity index is 291. The molecular formula is C8H8N2OS. The lowest BCUT2D eigenvalue weighted by atomic mass is 10.2. The van der Waals surface area contributed by atoms with E-state index in [0.29, 0.717) is 0 Å². The van der Waals surface area contributed by atoms with Gasteiger partial charge >= 0.3 is 0 Å². The number of hydrogen-bond acceptors (Lipinski definition) is 4. The van der Waals surface area contributed by atoms with Gasteiger partial charge in [0.15, 0.2) is 0 Å². The lowest BCUT2D eigenvalue weighted by molar-refractivity contribution is 0.162. The Morgan fingerprint density at radius 1 is 1.42 bits per heavy atom. The lowest BCUT2D eigenvalue weighted by Gasteiger charge is -2.14. The molecule has 12 heavy (non-hydrogen) atoms. The molecule has 0 fully saturated rings. The fourth-order valence-corrected chi connectivity index (χ4v) is 1.41. The van der Waals surface area contributed by atoms with Gasteiger partial charge in [-0.3, -0.25) is 0 Å². The van der Waals surface area contributed by atoms with E-state index < -0.39 is 0 Å². The van der Waals surface area contributed by atoms with Gasteiger partial charge in [0.2, 0.25) is 0 Å². The maximum Gasteiger partial charge on any atom is 0.119 e. The molecule has 0 spiro atoms. The van der Waals surface area contributed by atoms with Crippen LogP contribution in [0.4, 0.5) is 0 Å². The molecule has 2 aliphatic heterocycles. The van der Waals surface area contributed by atoms with Crippen molar-refractivity contribution in [3.63, 3.8) is 0 Å². The van der Waals surface area contributed by atoms with E-state index in [9.17, 15) is 0 Å². The van der Waals surface area contributed by atoms with E-state index in [-0.39, 0.29) is 0 Å². The normalized spacial score (nSPS) is 20.0. The van der Waals surface area contributed by atoms with Crippen LogP contribution in [0.1, 0.15) is 0 Å². The molecule has 0 aromatic heterocycles. The van der Waals surface area contributed by atoms with Gasteiger partial charge in [0.25, 0.3) is 0 Å². The van der Waals surface area contributed by atoms with Crippen molar-refractivity contribution in [3.8, 4) is 0 Å². The molecule has 0 atom stereocenters. The van der Waals surface area contributed by atoms with Gasteiger partial charge < -0.3 is 9.56 Å². The smallest absolute Gasteiger partial charge is 0.119 e. The summed E-state index contributed by atoms with van der Waals surface area (Å²) in [5, 5.41) is 1.98. The average Bonchev–Trinajstić information content (AvgIpc) is 2.21. The van der Waals surface area contributed by atoms with Crippen LogP contribution < -0.4 is 10.2 Å². The van der Waals surface area contributed by atoms with Crippen molar-refractivity contribution in [3.05, 3.63) is 47.4 Å². The fourth-order valence-electron chi connectivity index (χ4n) is 0.921. The average molecular weight is 180 g/mol. The van der Waals surface area contributed by atoms with Gasteiger partial charge in [0.1, 0.15) is 6.26 Å². The number of allylic oxidation sites excluding steroid dienone is 3. The van der Waals surface area contributed by atoms with Crippen molar-refractivity contribution in [1.29, 1.82) is 0 Å². The zero-order valence-corrected chi connectivity index (χ0v) is 7.10. The Labute approximate surface area is 74.9 Å². The zero-order chi connectivity index (χ0) is 8.23. The van der Waals surface area contributed by atoms with E-state index in [1.54, 1.807) is 18.2 Å². The standard InChI is InChI=1S/C8H8N2OS/c1-2-8(10-11-4-1)7-3-5-12-9-6-7/h1-6,9-10H. The number of hydroxylamine groups is 1. The first-order chi connectivity index (χ1) is 5.97. The highest BCUT2D eigenvalue weighted by Crippen LogP contribution is 2.16. The first-order valence-corrected chi connectivity index (χ1v) is 4.41. The highest BCUT2D eigenvalue weighted by atomic mass is 32.2. The monoisotopic (exact) mass is 180 g/mol. The SMILES string of the molecule is C1=CONC(C2=CNSC=C2)=C1. The summed E-state index contributed by atoms with van der Waals surface area (Å²) < 4.78 is 3.04. The van der Waals surface area contributed by atoms with Crippen molar-refractivity contribution < 1.29 is 4.84 Å². The lowest BCUT2D eigenvalue weighted by Crippen LogP contribution is -2.15. The highest BCUT2D eigenvalue weighted by molar-refractivity contribution is 8.00. The second kappa shape index (κ2) is 3.40. The molecular weight excluding hydrogens is 172 g/mol. The second-order valence-electron chi connectivity index (χ2n) is 2.27. The summed E-state index contributed by atoms with van der Waals surface area (Å²) in [5.41, 5.74) is 4.84. The van der Waals surface area contributed by atoms with E-state index in [2.05, 4.69) is 10.2 Å². The summed E-state index contributed by atoms with van der Waals surface area (Å²) in [4.78, 5) is 4.93. The third kappa shape index (κ3) is 1.48. The summed E-state index contributed by atoms with van der Waals surface area (Å²) in [6.45, 7) is 0. The molecule has 2 rings (SSSR count). The van der Waals surface area contributed by atoms with Crippen LogP contribution >= 0.6 is 11.9 Å². The molecule has 62 valence electrons. The molecule has 0 saturated heterocycles. The highest BCUT2D eigenvalue weighted by Gasteiger charge is 2.05. The van der Waals surface area contributed by atoms with Crippen LogP contribution in [0.15, 0.2) is 47.4 Å². The number of hydrogen-bond donors (Lipinski definition) is 2. The van der Waals surface area contributed by atoms with Crippen LogP contribution in [-0.4, -0.2) is 0 Å². The minimum atomic E-state index is 0.960. The maximum absolute atomic E-state index is 4.93. The van der Waals surface area contributed by atoms with Crippen LogP contribution in [0.3, 0.4) is 0 Å². The predicted molar refractivity (Wildman–Crippen MR) is 49.4 cm³/mol. The molecule has 2 heterocycles. The minimum absolute atomic E-state index is 0.960. The third-order valence-corrected chi connectivity index (χ3v) is 2.01. The molecule has 0 aromatic carbocycles. The maximum atomic E-state index is 4.93. The van der Waals surface area contributed by atoms with Crippen molar-refractivity contribution >= 4 is 11.9 Å². The number of rotatable bonds is 1. The molecule has 0 aliphatic carbocycles. The molecule has 2 N–H and O–H groups in total. The molecule has 0 unspecified atom stereocenters. The molecule has 2 aliphatic rings.